The van der Waals surface area contributed by atoms with Crippen molar-refractivity contribution in [3.8, 4) is 5.75 Å². The van der Waals surface area contributed by atoms with Crippen molar-refractivity contribution in [2.75, 3.05) is 17.7 Å². The van der Waals surface area contributed by atoms with E-state index in [4.69, 9.17) is 9.15 Å². The summed E-state index contributed by atoms with van der Waals surface area (Å²) in [5, 5.41) is 5.42. The van der Waals surface area contributed by atoms with Crippen molar-refractivity contribution < 1.29 is 13.9 Å². The molecule has 3 aromatic rings. The molecule has 1 heterocycles. The van der Waals surface area contributed by atoms with E-state index in [9.17, 15) is 9.59 Å². The van der Waals surface area contributed by atoms with Crippen molar-refractivity contribution in [1.29, 1.82) is 0 Å². The third-order valence-electron chi connectivity index (χ3n) is 3.59. The molecule has 7 heteroatoms. The molecule has 2 N–H and O–H groups in total. The number of amides is 2. The topological polar surface area (TPSA) is 85.5 Å². The molecule has 0 atom stereocenters. The second-order valence-corrected chi connectivity index (χ2v) is 5.10. The molecule has 7 nitrogen and oxygen atoms in total. The van der Waals surface area contributed by atoms with Crippen molar-refractivity contribution in [3.63, 3.8) is 0 Å². The lowest BCUT2D eigenvalue weighted by Crippen LogP contribution is -2.19. The Morgan fingerprint density at radius 2 is 1.79 bits per heavy atom. The maximum Gasteiger partial charge on any atom is 0.419 e. The molecule has 0 saturated carbocycles. The van der Waals surface area contributed by atoms with Crippen LogP contribution in [0.3, 0.4) is 0 Å². The van der Waals surface area contributed by atoms with E-state index in [1.54, 1.807) is 49.6 Å². The Balaban J connectivity index is 1.73. The van der Waals surface area contributed by atoms with E-state index in [1.165, 1.54) is 4.57 Å². The minimum Gasteiger partial charge on any atom is -0.497 e. The number of aryl methyl sites for hydroxylation is 1. The molecule has 0 saturated heterocycles. The highest BCUT2D eigenvalue weighted by Gasteiger charge is 2.09. The summed E-state index contributed by atoms with van der Waals surface area (Å²) in [4.78, 5) is 23.7. The molecule has 0 aliphatic heterocycles. The summed E-state index contributed by atoms with van der Waals surface area (Å²) in [6.45, 7) is 2.39. The van der Waals surface area contributed by atoms with Crippen molar-refractivity contribution in [2.45, 2.75) is 13.5 Å². The van der Waals surface area contributed by atoms with Crippen LogP contribution in [0, 0.1) is 0 Å². The van der Waals surface area contributed by atoms with Gasteiger partial charge in [-0.2, -0.15) is 0 Å². The van der Waals surface area contributed by atoms with Crippen molar-refractivity contribution in [1.82, 2.24) is 4.57 Å². The van der Waals surface area contributed by atoms with Crippen LogP contribution in [0.25, 0.3) is 11.1 Å². The van der Waals surface area contributed by atoms with Crippen LogP contribution in [-0.2, 0) is 6.54 Å². The van der Waals surface area contributed by atoms with Crippen molar-refractivity contribution in [3.05, 3.63) is 53.0 Å². The standard InChI is InChI=1S/C17H17N3O4/c1-3-20-14-9-6-12(10-15(14)24-17(20)22)19-16(21)18-11-4-7-13(23-2)8-5-11/h4-10H,3H2,1-2H3,(H2,18,19,21). The zero-order chi connectivity index (χ0) is 17.1. The van der Waals surface area contributed by atoms with Gasteiger partial charge in [0, 0.05) is 24.0 Å². The maximum absolute atomic E-state index is 12.0. The largest absolute Gasteiger partial charge is 0.497 e. The third-order valence-corrected chi connectivity index (χ3v) is 3.59. The van der Waals surface area contributed by atoms with Gasteiger partial charge in [0.1, 0.15) is 5.75 Å². The van der Waals surface area contributed by atoms with E-state index in [2.05, 4.69) is 10.6 Å². The summed E-state index contributed by atoms with van der Waals surface area (Å²) in [5.74, 6) is 0.300. The number of carbonyl (C=O) groups excluding carboxylic acids is 1. The zero-order valence-electron chi connectivity index (χ0n) is 13.3. The van der Waals surface area contributed by atoms with Gasteiger partial charge in [-0.25, -0.2) is 9.59 Å². The zero-order valence-corrected chi connectivity index (χ0v) is 13.3. The predicted molar refractivity (Wildman–Crippen MR) is 91.8 cm³/mol. The quantitative estimate of drug-likeness (QED) is 0.770. The van der Waals surface area contributed by atoms with E-state index in [-0.39, 0.29) is 0 Å². The predicted octanol–water partition coefficient (Wildman–Crippen LogP) is 3.27. The van der Waals surface area contributed by atoms with Crippen LogP contribution in [0.1, 0.15) is 6.92 Å². The first-order valence-corrected chi connectivity index (χ1v) is 7.46. The van der Waals surface area contributed by atoms with E-state index >= 15 is 0 Å². The Morgan fingerprint density at radius 3 is 2.46 bits per heavy atom. The third kappa shape index (κ3) is 3.10. The Bertz CT molecular complexity index is 925. The molecular weight excluding hydrogens is 310 g/mol. The number of anilines is 2. The minimum absolute atomic E-state index is 0.392. The van der Waals surface area contributed by atoms with Gasteiger partial charge in [-0.05, 0) is 43.3 Å². The number of urea groups is 1. The number of hydrogen-bond donors (Lipinski definition) is 2. The number of benzene rings is 2. The second-order valence-electron chi connectivity index (χ2n) is 5.10. The van der Waals surface area contributed by atoms with Gasteiger partial charge in [-0.15, -0.1) is 0 Å². The van der Waals surface area contributed by atoms with Crippen LogP contribution in [0.2, 0.25) is 0 Å². The average Bonchev–Trinajstić information content (AvgIpc) is 2.89. The highest BCUT2D eigenvalue weighted by molar-refractivity contribution is 6.00. The number of aromatic nitrogens is 1. The van der Waals surface area contributed by atoms with E-state index < -0.39 is 11.8 Å². The van der Waals surface area contributed by atoms with Gasteiger partial charge in [0.2, 0.25) is 0 Å². The fraction of sp³-hybridized carbons (Fsp3) is 0.176. The maximum atomic E-state index is 12.0. The van der Waals surface area contributed by atoms with Gasteiger partial charge >= 0.3 is 11.8 Å². The van der Waals surface area contributed by atoms with E-state index in [0.717, 1.165) is 0 Å². The lowest BCUT2D eigenvalue weighted by molar-refractivity contribution is 0.262. The lowest BCUT2D eigenvalue weighted by atomic mass is 10.3. The summed E-state index contributed by atoms with van der Waals surface area (Å²) in [6, 6.07) is 11.7. The second kappa shape index (κ2) is 6.49. The van der Waals surface area contributed by atoms with Gasteiger partial charge in [0.25, 0.3) is 0 Å². The smallest absolute Gasteiger partial charge is 0.419 e. The van der Waals surface area contributed by atoms with Gasteiger partial charge in [0.05, 0.1) is 12.6 Å². The molecule has 0 aliphatic rings. The number of carbonyl (C=O) groups is 1. The number of hydrogen-bond acceptors (Lipinski definition) is 4. The molecule has 0 radical (unpaired) electrons. The SMILES string of the molecule is CCn1c(=O)oc2cc(NC(=O)Nc3ccc(OC)cc3)ccc21. The molecule has 0 fully saturated rings. The van der Waals surface area contributed by atoms with Crippen LogP contribution >= 0.6 is 0 Å². The van der Waals surface area contributed by atoms with Crippen molar-refractivity contribution >= 4 is 28.5 Å². The Kier molecular flexibility index (Phi) is 4.24. The van der Waals surface area contributed by atoms with Crippen LogP contribution in [-0.4, -0.2) is 17.7 Å². The number of oxazole rings is 1. The first-order chi connectivity index (χ1) is 11.6. The summed E-state index contributed by atoms with van der Waals surface area (Å²) in [5.41, 5.74) is 2.30. The van der Waals surface area contributed by atoms with Gasteiger partial charge < -0.3 is 19.8 Å². The summed E-state index contributed by atoms with van der Waals surface area (Å²) >= 11 is 0. The number of methoxy groups -OCH3 is 1. The molecular formula is C17H17N3O4. The Hall–Kier alpha value is -3.22. The van der Waals surface area contributed by atoms with Crippen LogP contribution in [0.5, 0.6) is 5.75 Å². The highest BCUT2D eigenvalue weighted by atomic mass is 16.5. The average molecular weight is 327 g/mol. The van der Waals surface area contributed by atoms with Gasteiger partial charge in [-0.1, -0.05) is 0 Å². The number of fused-ring (bicyclic) bond motifs is 1. The fourth-order valence-electron chi connectivity index (χ4n) is 2.41. The molecule has 0 aliphatic carbocycles. The fourth-order valence-corrected chi connectivity index (χ4v) is 2.41. The monoisotopic (exact) mass is 327 g/mol. The van der Waals surface area contributed by atoms with Crippen molar-refractivity contribution in [2.24, 2.45) is 0 Å². The molecule has 2 aromatic carbocycles. The first kappa shape index (κ1) is 15.7. The first-order valence-electron chi connectivity index (χ1n) is 7.46. The Morgan fingerprint density at radius 1 is 1.12 bits per heavy atom. The number of nitrogens with one attached hydrogen (secondary N) is 2. The lowest BCUT2D eigenvalue weighted by Gasteiger charge is -2.08. The molecule has 0 unspecified atom stereocenters. The highest BCUT2D eigenvalue weighted by Crippen LogP contribution is 2.19. The Labute approximate surface area is 137 Å². The van der Waals surface area contributed by atoms with Crippen LogP contribution < -0.4 is 21.1 Å². The van der Waals surface area contributed by atoms with Gasteiger partial charge in [-0.3, -0.25) is 4.57 Å². The molecule has 1 aromatic heterocycles. The van der Waals surface area contributed by atoms with Crippen LogP contribution in [0.4, 0.5) is 16.2 Å². The molecule has 3 rings (SSSR count). The van der Waals surface area contributed by atoms with Gasteiger partial charge in [0.15, 0.2) is 5.58 Å². The normalized spacial score (nSPS) is 10.6. The molecule has 0 spiro atoms. The molecule has 2 amide bonds. The number of ether oxygens (including phenoxy) is 1. The van der Waals surface area contributed by atoms with E-state index in [0.29, 0.717) is 34.8 Å². The summed E-state index contributed by atoms with van der Waals surface area (Å²) < 4.78 is 11.8. The molecule has 0 bridgehead atoms. The van der Waals surface area contributed by atoms with Crippen LogP contribution in [0.15, 0.2) is 51.7 Å². The van der Waals surface area contributed by atoms with E-state index in [1.807, 2.05) is 6.92 Å². The molecule has 124 valence electrons. The molecule has 24 heavy (non-hydrogen) atoms. The summed E-state index contributed by atoms with van der Waals surface area (Å²) in [7, 11) is 1.58. The summed E-state index contributed by atoms with van der Waals surface area (Å²) in [6.07, 6.45) is 0. The number of nitrogens with zero attached hydrogens (tertiary/aromatic N) is 1. The minimum atomic E-state index is -0.410. The number of rotatable bonds is 4.